The largest absolute Gasteiger partial charge is 0.470 e. The summed E-state index contributed by atoms with van der Waals surface area (Å²) in [6.07, 6.45) is -4.65. The smallest absolute Gasteiger partial charge is 0.381 e. The monoisotopic (exact) mass is 372 g/mol. The van der Waals surface area contributed by atoms with Crippen molar-refractivity contribution >= 4 is 19.4 Å². The van der Waals surface area contributed by atoms with E-state index in [1.165, 1.54) is 0 Å². The van der Waals surface area contributed by atoms with Crippen molar-refractivity contribution < 1.29 is 33.1 Å². The van der Waals surface area contributed by atoms with Crippen molar-refractivity contribution in [1.29, 1.82) is 0 Å². The third-order valence-corrected chi connectivity index (χ3v) is 4.87. The molecule has 1 aliphatic carbocycles. The van der Waals surface area contributed by atoms with E-state index >= 15 is 0 Å². The predicted octanol–water partition coefficient (Wildman–Crippen LogP) is -1.40. The summed E-state index contributed by atoms with van der Waals surface area (Å²) in [5, 5.41) is 10.3. The van der Waals surface area contributed by atoms with Crippen LogP contribution in [0.15, 0.2) is 21.9 Å². The van der Waals surface area contributed by atoms with Gasteiger partial charge >= 0.3 is 13.5 Å². The number of ether oxygens (including phenoxy) is 1. The lowest BCUT2D eigenvalue weighted by atomic mass is 10.1. The summed E-state index contributed by atoms with van der Waals surface area (Å²) >= 11 is 5.66. The van der Waals surface area contributed by atoms with Gasteiger partial charge in [0.25, 0.3) is 5.56 Å². The molecule has 128 valence electrons. The zero-order valence-electron chi connectivity index (χ0n) is 11.1. The van der Waals surface area contributed by atoms with Crippen LogP contribution < -0.4 is 11.2 Å². The molecule has 2 fully saturated rings. The maximum atomic E-state index is 14.6. The maximum absolute atomic E-state index is 14.6. The molecule has 2 aliphatic rings. The lowest BCUT2D eigenvalue weighted by molar-refractivity contribution is -0.0853. The van der Waals surface area contributed by atoms with Gasteiger partial charge in [-0.2, -0.15) is 0 Å². The first-order chi connectivity index (χ1) is 10.6. The Bertz CT molecular complexity index is 805. The van der Waals surface area contributed by atoms with Crippen molar-refractivity contribution in [2.24, 2.45) is 0 Å². The molecule has 0 amide bonds. The molecule has 5 atom stereocenters. The van der Waals surface area contributed by atoms with Gasteiger partial charge in [-0.05, 0) is 0 Å². The number of nitrogens with one attached hydrogen (secondary N) is 1. The summed E-state index contributed by atoms with van der Waals surface area (Å²) in [6, 6.07) is 0.947. The average Bonchev–Trinajstić information content (AvgIpc) is 2.82. The van der Waals surface area contributed by atoms with Crippen LogP contribution in [-0.4, -0.2) is 53.8 Å². The molecule has 1 saturated heterocycles. The van der Waals surface area contributed by atoms with Crippen LogP contribution in [0, 0.1) is 0 Å². The van der Waals surface area contributed by atoms with Crippen LogP contribution in [0.2, 0.25) is 0 Å². The minimum absolute atomic E-state index is 0.539. The van der Waals surface area contributed by atoms with Gasteiger partial charge < -0.3 is 19.6 Å². The van der Waals surface area contributed by atoms with Gasteiger partial charge in [0.2, 0.25) is 0 Å². The zero-order chi connectivity index (χ0) is 17.2. The third-order valence-electron chi connectivity index (χ3n) is 3.99. The highest BCUT2D eigenvalue weighted by Gasteiger charge is 2.89. The molecule has 1 saturated carbocycles. The van der Waals surface area contributed by atoms with Gasteiger partial charge in [0.15, 0.2) is 18.0 Å². The summed E-state index contributed by atoms with van der Waals surface area (Å²) in [4.78, 5) is 42.2. The Hall–Kier alpha value is -1.07. The number of halogens is 2. The molecule has 0 aromatic carbocycles. The lowest BCUT2D eigenvalue weighted by Gasteiger charge is -2.23. The van der Waals surface area contributed by atoms with Gasteiger partial charge in [-0.1, -0.05) is 0 Å². The molecule has 10 nitrogen and oxygen atoms in total. The Labute approximate surface area is 131 Å². The molecule has 23 heavy (non-hydrogen) atoms. The van der Waals surface area contributed by atoms with E-state index in [-0.39, 0.29) is 0 Å². The second-order valence-electron chi connectivity index (χ2n) is 5.25. The summed E-state index contributed by atoms with van der Waals surface area (Å²) in [5.41, 5.74) is -6.05. The van der Waals surface area contributed by atoms with Gasteiger partial charge in [0.1, 0.15) is 11.7 Å². The third kappa shape index (κ3) is 2.23. The van der Waals surface area contributed by atoms with Crippen molar-refractivity contribution in [2.45, 2.75) is 29.7 Å². The van der Waals surface area contributed by atoms with E-state index in [1.54, 1.807) is 0 Å². The van der Waals surface area contributed by atoms with Crippen LogP contribution in [-0.2, 0) is 13.8 Å². The summed E-state index contributed by atoms with van der Waals surface area (Å²) < 4.78 is 35.8. The molecule has 1 aliphatic heterocycles. The summed E-state index contributed by atoms with van der Waals surface area (Å²) in [6.45, 7) is 0. The molecular weight excluding hydrogens is 362 g/mol. The molecule has 0 spiro atoms. The molecule has 2 heterocycles. The molecule has 13 heteroatoms. The second kappa shape index (κ2) is 4.96. The number of aliphatic hydroxyl groups is 1. The number of H-pyrrole nitrogens is 1. The number of fused-ring (bicyclic) bond motifs is 1. The van der Waals surface area contributed by atoms with Gasteiger partial charge in [-0.25, -0.2) is 13.8 Å². The van der Waals surface area contributed by atoms with Crippen molar-refractivity contribution in [3.63, 3.8) is 0 Å². The number of aromatic amines is 1. The first kappa shape index (κ1) is 16.8. The Morgan fingerprint density at radius 1 is 1.52 bits per heavy atom. The maximum Gasteiger partial charge on any atom is 0.470 e. The van der Waals surface area contributed by atoms with E-state index in [1.807, 2.05) is 4.98 Å². The molecule has 3 rings (SSSR count). The van der Waals surface area contributed by atoms with E-state index in [0.717, 1.165) is 12.3 Å². The average molecular weight is 373 g/mol. The number of nitrogens with zero attached hydrogens (tertiary/aromatic N) is 1. The molecule has 0 bridgehead atoms. The van der Waals surface area contributed by atoms with Crippen LogP contribution in [0.1, 0.15) is 6.23 Å². The van der Waals surface area contributed by atoms with Crippen LogP contribution in [0.3, 0.4) is 0 Å². The van der Waals surface area contributed by atoms with E-state index in [4.69, 9.17) is 26.1 Å². The Balaban J connectivity index is 1.96. The van der Waals surface area contributed by atoms with Gasteiger partial charge in [0, 0.05) is 12.3 Å². The van der Waals surface area contributed by atoms with Crippen LogP contribution in [0.4, 0.5) is 4.39 Å². The lowest BCUT2D eigenvalue weighted by Crippen LogP contribution is -2.40. The quantitative estimate of drug-likeness (QED) is 0.372. The van der Waals surface area contributed by atoms with Crippen molar-refractivity contribution in [1.82, 2.24) is 9.55 Å². The number of aromatic nitrogens is 2. The SMILES string of the molecule is O=c1ccn(C2OC3(CCl)C(OP(=O)(O)O)C3(O)C2F)c(=O)[nH]1. The second-order valence-corrected chi connectivity index (χ2v) is 6.71. The fraction of sp³-hybridized carbons (Fsp3) is 0.600. The van der Waals surface area contributed by atoms with Gasteiger partial charge in [-0.3, -0.25) is 18.9 Å². The number of phosphoric ester groups is 1. The first-order valence-electron chi connectivity index (χ1n) is 6.22. The van der Waals surface area contributed by atoms with Crippen LogP contribution in [0.25, 0.3) is 0 Å². The van der Waals surface area contributed by atoms with Gasteiger partial charge in [-0.15, -0.1) is 11.6 Å². The summed E-state index contributed by atoms with van der Waals surface area (Å²) in [7, 11) is -5.03. The number of hydrogen-bond acceptors (Lipinski definition) is 6. The van der Waals surface area contributed by atoms with Crippen molar-refractivity contribution in [3.05, 3.63) is 33.1 Å². The molecular formula is C10H11ClFN2O8P. The fourth-order valence-electron chi connectivity index (χ4n) is 2.84. The number of alkyl halides is 2. The Kier molecular flexibility index (Phi) is 3.62. The van der Waals surface area contributed by atoms with E-state index < -0.39 is 54.7 Å². The van der Waals surface area contributed by atoms with E-state index in [9.17, 15) is 23.7 Å². The highest BCUT2D eigenvalue weighted by atomic mass is 35.5. The highest BCUT2D eigenvalue weighted by Crippen LogP contribution is 2.67. The molecule has 1 aromatic rings. The molecule has 5 unspecified atom stereocenters. The predicted molar refractivity (Wildman–Crippen MR) is 71.7 cm³/mol. The normalized spacial score (nSPS) is 39.3. The fourth-order valence-corrected chi connectivity index (χ4v) is 3.87. The molecule has 0 radical (unpaired) electrons. The number of phosphoric acid groups is 1. The minimum atomic E-state index is -5.03. The number of hydrogen-bond donors (Lipinski definition) is 4. The van der Waals surface area contributed by atoms with Gasteiger partial charge in [0.05, 0.1) is 5.88 Å². The van der Waals surface area contributed by atoms with Crippen LogP contribution >= 0.6 is 19.4 Å². The Morgan fingerprint density at radius 3 is 2.65 bits per heavy atom. The standard InChI is InChI=1S/C10H11ClFN2O8P/c11-3-9-7(22-23(18,19)20)10(9,17)5(12)6(21-9)14-2-1-4(15)13-8(14)16/h1-2,5-7,17H,3H2,(H,13,15,16)(H2,18,19,20). The van der Waals surface area contributed by atoms with Crippen molar-refractivity contribution in [3.8, 4) is 0 Å². The van der Waals surface area contributed by atoms with E-state index in [2.05, 4.69) is 4.52 Å². The first-order valence-corrected chi connectivity index (χ1v) is 8.29. The minimum Gasteiger partial charge on any atom is -0.381 e. The molecule has 4 N–H and O–H groups in total. The topological polar surface area (TPSA) is 151 Å². The van der Waals surface area contributed by atoms with Crippen molar-refractivity contribution in [2.75, 3.05) is 5.88 Å². The summed E-state index contributed by atoms with van der Waals surface area (Å²) in [5.74, 6) is -0.539. The zero-order valence-corrected chi connectivity index (χ0v) is 12.8. The van der Waals surface area contributed by atoms with Crippen LogP contribution in [0.5, 0.6) is 0 Å². The Morgan fingerprint density at radius 2 is 2.17 bits per heavy atom. The highest BCUT2D eigenvalue weighted by molar-refractivity contribution is 7.46. The number of rotatable bonds is 4. The van der Waals surface area contributed by atoms with E-state index in [0.29, 0.717) is 4.57 Å². The molecule has 1 aromatic heterocycles.